The van der Waals surface area contributed by atoms with Crippen LogP contribution in [0.1, 0.15) is 25.7 Å². The van der Waals surface area contributed by atoms with Crippen LogP contribution in [0.3, 0.4) is 0 Å². The summed E-state index contributed by atoms with van der Waals surface area (Å²) in [7, 11) is 0. The van der Waals surface area contributed by atoms with Gasteiger partial charge in [0.15, 0.2) is 0 Å². The molecule has 0 unspecified atom stereocenters. The quantitative estimate of drug-likeness (QED) is 0.886. The van der Waals surface area contributed by atoms with E-state index in [1.807, 2.05) is 24.3 Å². The predicted octanol–water partition coefficient (Wildman–Crippen LogP) is 1.73. The number of rotatable bonds is 4. The third-order valence-electron chi connectivity index (χ3n) is 4.39. The number of anilines is 2. The van der Waals surface area contributed by atoms with Gasteiger partial charge in [-0.2, -0.15) is 0 Å². The Morgan fingerprint density at radius 2 is 1.90 bits per heavy atom. The summed E-state index contributed by atoms with van der Waals surface area (Å²) in [4.78, 5) is 14.3. The molecule has 0 spiro atoms. The van der Waals surface area contributed by atoms with E-state index in [1.165, 1.54) is 5.69 Å². The number of ether oxygens (including phenoxy) is 1. The average molecular weight is 289 g/mol. The summed E-state index contributed by atoms with van der Waals surface area (Å²) in [6, 6.07) is 7.99. The molecule has 1 heterocycles. The Morgan fingerprint density at radius 3 is 2.48 bits per heavy atom. The Morgan fingerprint density at radius 1 is 1.24 bits per heavy atom. The van der Waals surface area contributed by atoms with Gasteiger partial charge < -0.3 is 20.7 Å². The van der Waals surface area contributed by atoms with Crippen molar-refractivity contribution in [3.05, 3.63) is 24.3 Å². The van der Waals surface area contributed by atoms with Gasteiger partial charge in [-0.05, 0) is 43.5 Å². The monoisotopic (exact) mass is 289 g/mol. The molecule has 0 radical (unpaired) electrons. The van der Waals surface area contributed by atoms with E-state index in [0.717, 1.165) is 51.3 Å². The fourth-order valence-electron chi connectivity index (χ4n) is 2.91. The zero-order valence-electron chi connectivity index (χ0n) is 12.3. The topological polar surface area (TPSA) is 67.6 Å². The molecule has 1 aromatic carbocycles. The lowest BCUT2D eigenvalue weighted by molar-refractivity contribution is -0.118. The molecule has 0 atom stereocenters. The molecular weight excluding hydrogens is 266 g/mol. The Hall–Kier alpha value is -1.59. The van der Waals surface area contributed by atoms with Crippen molar-refractivity contribution in [3.63, 3.8) is 0 Å². The van der Waals surface area contributed by atoms with Crippen LogP contribution in [0.4, 0.5) is 11.4 Å². The van der Waals surface area contributed by atoms with Crippen molar-refractivity contribution in [2.75, 3.05) is 36.5 Å². The summed E-state index contributed by atoms with van der Waals surface area (Å²) in [6.07, 6.45) is 3.46. The highest BCUT2D eigenvalue weighted by Crippen LogP contribution is 2.32. The second-order valence-electron chi connectivity index (χ2n) is 6.09. The first-order valence-electron chi connectivity index (χ1n) is 7.66. The van der Waals surface area contributed by atoms with Crippen molar-refractivity contribution in [1.29, 1.82) is 0 Å². The molecule has 5 heteroatoms. The number of hydrogen-bond acceptors (Lipinski definition) is 4. The van der Waals surface area contributed by atoms with Crippen LogP contribution in [0.15, 0.2) is 24.3 Å². The lowest BCUT2D eigenvalue weighted by Crippen LogP contribution is -2.48. The molecule has 5 nitrogen and oxygen atoms in total. The Bertz CT molecular complexity index is 491. The summed E-state index contributed by atoms with van der Waals surface area (Å²) >= 11 is 0. The van der Waals surface area contributed by atoms with E-state index < -0.39 is 0 Å². The maximum absolute atomic E-state index is 12.0. The van der Waals surface area contributed by atoms with Gasteiger partial charge in [-0.25, -0.2) is 0 Å². The number of hydrogen-bond donors (Lipinski definition) is 2. The molecule has 1 saturated carbocycles. The summed E-state index contributed by atoms with van der Waals surface area (Å²) in [5.41, 5.74) is 7.84. The highest BCUT2D eigenvalue weighted by molar-refractivity contribution is 5.91. The highest BCUT2D eigenvalue weighted by atomic mass is 16.5. The first kappa shape index (κ1) is 14.4. The molecule has 1 aliphatic heterocycles. The number of nitrogens with one attached hydrogen (secondary N) is 1. The fraction of sp³-hybridized carbons (Fsp3) is 0.562. The maximum Gasteiger partial charge on any atom is 0.226 e. The summed E-state index contributed by atoms with van der Waals surface area (Å²) in [5.74, 6) is 0.0105. The second kappa shape index (κ2) is 6.03. The predicted molar refractivity (Wildman–Crippen MR) is 83.5 cm³/mol. The van der Waals surface area contributed by atoms with E-state index in [0.29, 0.717) is 6.42 Å². The smallest absolute Gasteiger partial charge is 0.226 e. The number of nitrogens with zero attached hydrogens (tertiary/aromatic N) is 1. The van der Waals surface area contributed by atoms with Crippen molar-refractivity contribution < 1.29 is 9.53 Å². The van der Waals surface area contributed by atoms with Crippen LogP contribution in [0.2, 0.25) is 0 Å². The SMILES string of the molecule is NC1(CC(=O)Nc2ccc(N3CCOCC3)cc2)CCC1. The van der Waals surface area contributed by atoms with Crippen molar-refractivity contribution in [2.24, 2.45) is 5.73 Å². The van der Waals surface area contributed by atoms with E-state index >= 15 is 0 Å². The van der Waals surface area contributed by atoms with Gasteiger partial charge in [0.1, 0.15) is 0 Å². The number of amides is 1. The van der Waals surface area contributed by atoms with E-state index in [1.54, 1.807) is 0 Å². The van der Waals surface area contributed by atoms with Gasteiger partial charge in [-0.3, -0.25) is 4.79 Å². The molecule has 3 N–H and O–H groups in total. The van der Waals surface area contributed by atoms with E-state index in [-0.39, 0.29) is 11.4 Å². The van der Waals surface area contributed by atoms with Crippen molar-refractivity contribution in [1.82, 2.24) is 0 Å². The molecule has 114 valence electrons. The standard InChI is InChI=1S/C16H23N3O2/c17-16(6-1-7-16)12-15(20)18-13-2-4-14(5-3-13)19-8-10-21-11-9-19/h2-5H,1,6-12,17H2,(H,18,20). The van der Waals surface area contributed by atoms with Crippen LogP contribution in [0.5, 0.6) is 0 Å². The van der Waals surface area contributed by atoms with Gasteiger partial charge in [0, 0.05) is 36.4 Å². The van der Waals surface area contributed by atoms with E-state index in [9.17, 15) is 4.79 Å². The number of carbonyl (C=O) groups is 1. The van der Waals surface area contributed by atoms with Gasteiger partial charge in [0.25, 0.3) is 0 Å². The van der Waals surface area contributed by atoms with Crippen LogP contribution in [0.25, 0.3) is 0 Å². The van der Waals surface area contributed by atoms with E-state index in [2.05, 4.69) is 10.2 Å². The van der Waals surface area contributed by atoms with Crippen molar-refractivity contribution >= 4 is 17.3 Å². The summed E-state index contributed by atoms with van der Waals surface area (Å²) in [6.45, 7) is 3.39. The minimum absolute atomic E-state index is 0.0105. The molecule has 2 fully saturated rings. The molecule has 1 saturated heterocycles. The van der Waals surface area contributed by atoms with Crippen molar-refractivity contribution in [2.45, 2.75) is 31.2 Å². The fourth-order valence-corrected chi connectivity index (χ4v) is 2.91. The molecule has 0 bridgehead atoms. The maximum atomic E-state index is 12.0. The molecule has 1 aromatic rings. The third-order valence-corrected chi connectivity index (χ3v) is 4.39. The molecule has 0 aromatic heterocycles. The zero-order valence-corrected chi connectivity index (χ0v) is 12.3. The van der Waals surface area contributed by atoms with Crippen molar-refractivity contribution in [3.8, 4) is 0 Å². The highest BCUT2D eigenvalue weighted by Gasteiger charge is 2.34. The minimum atomic E-state index is -0.266. The molecule has 3 rings (SSSR count). The second-order valence-corrected chi connectivity index (χ2v) is 6.09. The zero-order chi connectivity index (χ0) is 14.7. The van der Waals surface area contributed by atoms with Crippen LogP contribution in [0, 0.1) is 0 Å². The Balaban J connectivity index is 1.55. The first-order valence-corrected chi connectivity index (χ1v) is 7.66. The lowest BCUT2D eigenvalue weighted by Gasteiger charge is -2.37. The Kier molecular flexibility index (Phi) is 4.12. The first-order chi connectivity index (χ1) is 10.1. The van der Waals surface area contributed by atoms with Gasteiger partial charge >= 0.3 is 0 Å². The lowest BCUT2D eigenvalue weighted by atomic mass is 9.75. The van der Waals surface area contributed by atoms with Crippen LogP contribution >= 0.6 is 0 Å². The molecule has 1 aliphatic carbocycles. The van der Waals surface area contributed by atoms with Crippen LogP contribution in [-0.4, -0.2) is 37.7 Å². The molecule has 21 heavy (non-hydrogen) atoms. The van der Waals surface area contributed by atoms with Gasteiger partial charge in [0.2, 0.25) is 5.91 Å². The van der Waals surface area contributed by atoms with Gasteiger partial charge in [-0.1, -0.05) is 0 Å². The third kappa shape index (κ3) is 3.54. The normalized spacial score (nSPS) is 20.7. The van der Waals surface area contributed by atoms with Gasteiger partial charge in [-0.15, -0.1) is 0 Å². The molecular formula is C16H23N3O2. The summed E-state index contributed by atoms with van der Waals surface area (Å²) in [5, 5.41) is 2.93. The number of benzene rings is 1. The Labute approximate surface area is 125 Å². The summed E-state index contributed by atoms with van der Waals surface area (Å²) < 4.78 is 5.35. The minimum Gasteiger partial charge on any atom is -0.378 e. The number of morpholine rings is 1. The van der Waals surface area contributed by atoms with Crippen LogP contribution in [-0.2, 0) is 9.53 Å². The molecule has 2 aliphatic rings. The largest absolute Gasteiger partial charge is 0.378 e. The molecule has 1 amide bonds. The average Bonchev–Trinajstić information content (AvgIpc) is 2.47. The van der Waals surface area contributed by atoms with Gasteiger partial charge in [0.05, 0.1) is 13.2 Å². The number of nitrogens with two attached hydrogens (primary N) is 1. The van der Waals surface area contributed by atoms with Crippen LogP contribution < -0.4 is 16.0 Å². The number of carbonyl (C=O) groups excluding carboxylic acids is 1. The van der Waals surface area contributed by atoms with E-state index in [4.69, 9.17) is 10.5 Å².